The number of piperidine rings is 1. The van der Waals surface area contributed by atoms with E-state index in [9.17, 15) is 0 Å². The van der Waals surface area contributed by atoms with E-state index in [-0.39, 0.29) is 6.10 Å². The Morgan fingerprint density at radius 2 is 1.78 bits per heavy atom. The molecule has 0 radical (unpaired) electrons. The SMILES string of the molecule is c1ccc(-c2nccc3[nH]c(-c4n[nH]c5ccc(-c6cncc(OC7CCNCC7)c6)nc45)cc23)nc1. The van der Waals surface area contributed by atoms with Gasteiger partial charge in [-0.05, 0) is 68.4 Å². The first-order valence-corrected chi connectivity index (χ1v) is 12.4. The molecule has 1 aliphatic rings. The number of hydrogen-bond acceptors (Lipinski definition) is 7. The lowest BCUT2D eigenvalue weighted by atomic mass is 10.1. The summed E-state index contributed by atoms with van der Waals surface area (Å²) in [5.74, 6) is 0.767. The molecular weight excluding hydrogens is 464 g/mol. The largest absolute Gasteiger partial charge is 0.489 e. The van der Waals surface area contributed by atoms with E-state index in [0.717, 1.165) is 87.7 Å². The number of pyridine rings is 4. The average Bonchev–Trinajstić information content (AvgIpc) is 3.58. The average molecular weight is 489 g/mol. The van der Waals surface area contributed by atoms with Crippen LogP contribution in [-0.4, -0.2) is 54.3 Å². The van der Waals surface area contributed by atoms with Crippen molar-refractivity contribution in [1.29, 1.82) is 0 Å². The van der Waals surface area contributed by atoms with Gasteiger partial charge in [-0.2, -0.15) is 5.10 Å². The lowest BCUT2D eigenvalue weighted by Crippen LogP contribution is -2.34. The Balaban J connectivity index is 1.26. The van der Waals surface area contributed by atoms with Crippen molar-refractivity contribution in [3.05, 3.63) is 73.3 Å². The molecule has 7 rings (SSSR count). The summed E-state index contributed by atoms with van der Waals surface area (Å²) >= 11 is 0. The number of rotatable bonds is 5. The van der Waals surface area contributed by atoms with Crippen LogP contribution < -0.4 is 10.1 Å². The molecule has 7 heterocycles. The van der Waals surface area contributed by atoms with Crippen LogP contribution in [0.5, 0.6) is 5.75 Å². The van der Waals surface area contributed by atoms with Gasteiger partial charge in [0.15, 0.2) is 0 Å². The number of ether oxygens (including phenoxy) is 1. The van der Waals surface area contributed by atoms with Gasteiger partial charge in [-0.1, -0.05) is 6.07 Å². The van der Waals surface area contributed by atoms with Gasteiger partial charge >= 0.3 is 0 Å². The zero-order valence-corrected chi connectivity index (χ0v) is 20.0. The number of aromatic nitrogens is 7. The van der Waals surface area contributed by atoms with Gasteiger partial charge in [-0.25, -0.2) is 4.98 Å². The predicted octanol–water partition coefficient (Wildman–Crippen LogP) is 4.76. The smallest absolute Gasteiger partial charge is 0.138 e. The molecule has 6 aromatic rings. The summed E-state index contributed by atoms with van der Waals surface area (Å²) in [6, 6.07) is 15.8. The first-order chi connectivity index (χ1) is 18.3. The highest BCUT2D eigenvalue weighted by Gasteiger charge is 2.18. The van der Waals surface area contributed by atoms with Crippen LogP contribution in [0.3, 0.4) is 0 Å². The quantitative estimate of drug-likeness (QED) is 0.320. The third-order valence-electron chi connectivity index (χ3n) is 6.72. The van der Waals surface area contributed by atoms with Crippen LogP contribution in [0.4, 0.5) is 0 Å². The summed E-state index contributed by atoms with van der Waals surface area (Å²) in [4.78, 5) is 21.9. The van der Waals surface area contributed by atoms with Crippen molar-refractivity contribution in [2.75, 3.05) is 13.1 Å². The van der Waals surface area contributed by atoms with E-state index >= 15 is 0 Å². The van der Waals surface area contributed by atoms with Gasteiger partial charge < -0.3 is 15.0 Å². The topological polar surface area (TPSA) is 117 Å². The van der Waals surface area contributed by atoms with Crippen molar-refractivity contribution in [1.82, 2.24) is 40.4 Å². The number of aromatic amines is 2. The summed E-state index contributed by atoms with van der Waals surface area (Å²) < 4.78 is 6.20. The zero-order valence-electron chi connectivity index (χ0n) is 20.0. The maximum absolute atomic E-state index is 6.20. The molecule has 37 heavy (non-hydrogen) atoms. The molecule has 6 aromatic heterocycles. The van der Waals surface area contributed by atoms with Crippen molar-refractivity contribution in [3.8, 4) is 39.8 Å². The Bertz CT molecular complexity index is 1700. The first kappa shape index (κ1) is 21.6. The Hall–Kier alpha value is -4.63. The Morgan fingerprint density at radius 1 is 0.838 bits per heavy atom. The molecule has 0 bridgehead atoms. The predicted molar refractivity (Wildman–Crippen MR) is 142 cm³/mol. The minimum absolute atomic E-state index is 0.210. The highest BCUT2D eigenvalue weighted by Crippen LogP contribution is 2.33. The maximum Gasteiger partial charge on any atom is 0.138 e. The number of nitrogens with zero attached hydrogens (tertiary/aromatic N) is 5. The lowest BCUT2D eigenvalue weighted by Gasteiger charge is -2.23. The summed E-state index contributed by atoms with van der Waals surface area (Å²) in [5.41, 5.74) is 7.56. The highest BCUT2D eigenvalue weighted by molar-refractivity contribution is 5.98. The summed E-state index contributed by atoms with van der Waals surface area (Å²) in [6.07, 6.45) is 9.35. The van der Waals surface area contributed by atoms with E-state index in [4.69, 9.17) is 9.72 Å². The van der Waals surface area contributed by atoms with Gasteiger partial charge in [-0.3, -0.25) is 20.1 Å². The minimum Gasteiger partial charge on any atom is -0.489 e. The number of H-pyrrole nitrogens is 2. The van der Waals surface area contributed by atoms with E-state index in [1.165, 1.54) is 0 Å². The first-order valence-electron chi connectivity index (χ1n) is 12.4. The molecule has 1 fully saturated rings. The molecule has 0 saturated carbocycles. The normalized spacial score (nSPS) is 14.4. The molecule has 1 aliphatic heterocycles. The van der Waals surface area contributed by atoms with Crippen molar-refractivity contribution in [2.24, 2.45) is 0 Å². The fraction of sp³-hybridized carbons (Fsp3) is 0.179. The fourth-order valence-corrected chi connectivity index (χ4v) is 4.86. The van der Waals surface area contributed by atoms with Gasteiger partial charge in [0.05, 0.1) is 34.5 Å². The van der Waals surface area contributed by atoms with Crippen LogP contribution in [0.25, 0.3) is 56.0 Å². The minimum atomic E-state index is 0.210. The van der Waals surface area contributed by atoms with Gasteiger partial charge in [0.1, 0.15) is 23.1 Å². The van der Waals surface area contributed by atoms with Crippen molar-refractivity contribution in [2.45, 2.75) is 18.9 Å². The maximum atomic E-state index is 6.20. The molecule has 9 heteroatoms. The zero-order chi connectivity index (χ0) is 24.6. The van der Waals surface area contributed by atoms with Crippen molar-refractivity contribution < 1.29 is 4.74 Å². The molecule has 0 unspecified atom stereocenters. The van der Waals surface area contributed by atoms with Crippen LogP contribution >= 0.6 is 0 Å². The second kappa shape index (κ2) is 9.11. The standard InChI is InChI=1S/C28H24N8O/c1-2-9-31-23(3-1)26-20-14-25(33-22(20)8-12-32-26)28-27-24(35-36-28)5-4-21(34-27)17-13-19(16-30-15-17)37-18-6-10-29-11-7-18/h1-5,8-9,12-16,18,29,33H,6-7,10-11H2,(H,35,36). The Labute approximate surface area is 212 Å². The molecule has 0 aromatic carbocycles. The Morgan fingerprint density at radius 3 is 2.68 bits per heavy atom. The fourth-order valence-electron chi connectivity index (χ4n) is 4.86. The van der Waals surface area contributed by atoms with Gasteiger partial charge in [0, 0.05) is 35.1 Å². The van der Waals surface area contributed by atoms with Crippen molar-refractivity contribution >= 4 is 21.9 Å². The molecule has 9 nitrogen and oxygen atoms in total. The van der Waals surface area contributed by atoms with E-state index in [1.807, 2.05) is 48.7 Å². The lowest BCUT2D eigenvalue weighted by molar-refractivity contribution is 0.162. The van der Waals surface area contributed by atoms with Crippen LogP contribution in [0, 0.1) is 0 Å². The molecule has 1 saturated heterocycles. The second-order valence-corrected chi connectivity index (χ2v) is 9.16. The van der Waals surface area contributed by atoms with Crippen LogP contribution in [0.2, 0.25) is 0 Å². The molecule has 0 spiro atoms. The van der Waals surface area contributed by atoms with Crippen LogP contribution in [0.1, 0.15) is 12.8 Å². The Kier molecular flexibility index (Phi) is 5.32. The van der Waals surface area contributed by atoms with Gasteiger partial charge in [0.25, 0.3) is 0 Å². The van der Waals surface area contributed by atoms with E-state index in [1.54, 1.807) is 18.6 Å². The van der Waals surface area contributed by atoms with Gasteiger partial charge in [0.2, 0.25) is 0 Å². The van der Waals surface area contributed by atoms with Crippen molar-refractivity contribution in [3.63, 3.8) is 0 Å². The third-order valence-corrected chi connectivity index (χ3v) is 6.72. The molecule has 0 atom stereocenters. The number of nitrogens with one attached hydrogen (secondary N) is 3. The molecule has 3 N–H and O–H groups in total. The number of hydrogen-bond donors (Lipinski definition) is 3. The third kappa shape index (κ3) is 4.09. The summed E-state index contributed by atoms with van der Waals surface area (Å²) in [5, 5.41) is 12.1. The molecule has 182 valence electrons. The number of fused-ring (bicyclic) bond motifs is 2. The molecule has 0 aliphatic carbocycles. The summed E-state index contributed by atoms with van der Waals surface area (Å²) in [6.45, 7) is 1.96. The highest BCUT2D eigenvalue weighted by atomic mass is 16.5. The second-order valence-electron chi connectivity index (χ2n) is 9.16. The van der Waals surface area contributed by atoms with Crippen LogP contribution in [-0.2, 0) is 0 Å². The molecule has 0 amide bonds. The molecular formula is C28H24N8O. The van der Waals surface area contributed by atoms with E-state index in [0.29, 0.717) is 0 Å². The van der Waals surface area contributed by atoms with Gasteiger partial charge in [-0.15, -0.1) is 0 Å². The van der Waals surface area contributed by atoms with E-state index in [2.05, 4.69) is 41.5 Å². The van der Waals surface area contributed by atoms with E-state index < -0.39 is 0 Å². The van der Waals surface area contributed by atoms with Crippen LogP contribution in [0.15, 0.2) is 73.3 Å². The monoisotopic (exact) mass is 488 g/mol. The summed E-state index contributed by atoms with van der Waals surface area (Å²) in [7, 11) is 0.